The van der Waals surface area contributed by atoms with Gasteiger partial charge in [0.25, 0.3) is 0 Å². The predicted molar refractivity (Wildman–Crippen MR) is 73.4 cm³/mol. The molecule has 90 valence electrons. The molecule has 0 bridgehead atoms. The molecule has 0 radical (unpaired) electrons. The standard InChI is InChI=1S/C12H11ClFNS2/c13-10-4-5-16-12(10)11(15)7-17-9-3-1-2-8(14)6-9/h1-6,11H,7,15H2. The Morgan fingerprint density at radius 1 is 1.41 bits per heavy atom. The summed E-state index contributed by atoms with van der Waals surface area (Å²) in [6.45, 7) is 0. The Morgan fingerprint density at radius 3 is 2.88 bits per heavy atom. The zero-order valence-electron chi connectivity index (χ0n) is 8.90. The molecule has 2 N–H and O–H groups in total. The number of hydrogen-bond acceptors (Lipinski definition) is 3. The van der Waals surface area contributed by atoms with Gasteiger partial charge in [-0.25, -0.2) is 4.39 Å². The van der Waals surface area contributed by atoms with Crippen LogP contribution in [-0.4, -0.2) is 5.75 Å². The molecule has 1 unspecified atom stereocenters. The molecule has 0 aliphatic heterocycles. The summed E-state index contributed by atoms with van der Waals surface area (Å²) < 4.78 is 13.0. The zero-order valence-corrected chi connectivity index (χ0v) is 11.3. The van der Waals surface area contributed by atoms with E-state index in [4.69, 9.17) is 17.3 Å². The van der Waals surface area contributed by atoms with E-state index in [9.17, 15) is 4.39 Å². The Hall–Kier alpha value is -0.550. The van der Waals surface area contributed by atoms with Gasteiger partial charge in [-0.15, -0.1) is 23.1 Å². The van der Waals surface area contributed by atoms with Crippen LogP contribution in [0.25, 0.3) is 0 Å². The van der Waals surface area contributed by atoms with E-state index >= 15 is 0 Å². The van der Waals surface area contributed by atoms with Crippen molar-refractivity contribution in [3.63, 3.8) is 0 Å². The van der Waals surface area contributed by atoms with Gasteiger partial charge in [0, 0.05) is 21.6 Å². The zero-order chi connectivity index (χ0) is 12.3. The summed E-state index contributed by atoms with van der Waals surface area (Å²) in [5.74, 6) is 0.460. The second kappa shape index (κ2) is 5.87. The third-order valence-electron chi connectivity index (χ3n) is 2.21. The Balaban J connectivity index is 1.97. The number of benzene rings is 1. The molecule has 1 aromatic heterocycles. The summed E-state index contributed by atoms with van der Waals surface area (Å²) in [6.07, 6.45) is 0. The molecule has 1 heterocycles. The molecule has 17 heavy (non-hydrogen) atoms. The molecule has 0 aliphatic rings. The maximum atomic E-state index is 13.0. The highest BCUT2D eigenvalue weighted by Crippen LogP contribution is 2.31. The Kier molecular flexibility index (Phi) is 4.45. The second-order valence-corrected chi connectivity index (χ2v) is 5.96. The van der Waals surface area contributed by atoms with Crippen LogP contribution in [0.2, 0.25) is 5.02 Å². The van der Waals surface area contributed by atoms with E-state index < -0.39 is 0 Å². The monoisotopic (exact) mass is 287 g/mol. The van der Waals surface area contributed by atoms with Gasteiger partial charge in [-0.05, 0) is 29.6 Å². The largest absolute Gasteiger partial charge is 0.323 e. The van der Waals surface area contributed by atoms with Crippen LogP contribution < -0.4 is 5.73 Å². The van der Waals surface area contributed by atoms with Crippen LogP contribution in [-0.2, 0) is 0 Å². The van der Waals surface area contributed by atoms with E-state index in [-0.39, 0.29) is 11.9 Å². The minimum absolute atomic E-state index is 0.115. The number of thiophene rings is 1. The first-order valence-electron chi connectivity index (χ1n) is 5.03. The van der Waals surface area contributed by atoms with E-state index in [0.29, 0.717) is 10.8 Å². The lowest BCUT2D eigenvalue weighted by Crippen LogP contribution is -2.11. The van der Waals surface area contributed by atoms with Crippen molar-refractivity contribution in [3.8, 4) is 0 Å². The lowest BCUT2D eigenvalue weighted by Gasteiger charge is -2.09. The van der Waals surface area contributed by atoms with Crippen LogP contribution in [0.5, 0.6) is 0 Å². The Labute approximate surface area is 113 Å². The van der Waals surface area contributed by atoms with Crippen molar-refractivity contribution in [2.45, 2.75) is 10.9 Å². The van der Waals surface area contributed by atoms with Gasteiger partial charge in [-0.2, -0.15) is 0 Å². The van der Waals surface area contributed by atoms with E-state index in [2.05, 4.69) is 0 Å². The molecular weight excluding hydrogens is 277 g/mol. The molecule has 1 atom stereocenters. The van der Waals surface area contributed by atoms with Gasteiger partial charge in [0.05, 0.1) is 5.02 Å². The molecule has 2 rings (SSSR count). The predicted octanol–water partition coefficient (Wildman–Crippen LogP) is 4.33. The summed E-state index contributed by atoms with van der Waals surface area (Å²) in [7, 11) is 0. The van der Waals surface area contributed by atoms with Crippen molar-refractivity contribution in [1.29, 1.82) is 0 Å². The smallest absolute Gasteiger partial charge is 0.124 e. The summed E-state index contributed by atoms with van der Waals surface area (Å²) in [5, 5.41) is 2.63. The maximum absolute atomic E-state index is 13.0. The average Bonchev–Trinajstić information content (AvgIpc) is 2.72. The lowest BCUT2D eigenvalue weighted by atomic mass is 10.3. The quantitative estimate of drug-likeness (QED) is 0.847. The average molecular weight is 288 g/mol. The second-order valence-electron chi connectivity index (χ2n) is 3.51. The Morgan fingerprint density at radius 2 is 2.24 bits per heavy atom. The van der Waals surface area contributed by atoms with Crippen LogP contribution in [0.1, 0.15) is 10.9 Å². The van der Waals surface area contributed by atoms with Crippen LogP contribution in [0.3, 0.4) is 0 Å². The van der Waals surface area contributed by atoms with Crippen molar-refractivity contribution in [2.24, 2.45) is 5.73 Å². The third-order valence-corrected chi connectivity index (χ3v) is 4.81. The first kappa shape index (κ1) is 12.9. The van der Waals surface area contributed by atoms with Crippen molar-refractivity contribution < 1.29 is 4.39 Å². The van der Waals surface area contributed by atoms with E-state index in [0.717, 1.165) is 9.77 Å². The summed E-state index contributed by atoms with van der Waals surface area (Å²) in [4.78, 5) is 1.86. The molecular formula is C12H11ClFNS2. The number of rotatable bonds is 4. The van der Waals surface area contributed by atoms with Crippen molar-refractivity contribution in [3.05, 3.63) is 51.4 Å². The molecule has 0 fully saturated rings. The third kappa shape index (κ3) is 3.45. The molecule has 1 aromatic carbocycles. The summed E-state index contributed by atoms with van der Waals surface area (Å²) in [6, 6.07) is 8.23. The molecule has 2 aromatic rings. The molecule has 1 nitrogen and oxygen atoms in total. The van der Waals surface area contributed by atoms with Gasteiger partial charge in [0.2, 0.25) is 0 Å². The molecule has 0 saturated carbocycles. The SMILES string of the molecule is NC(CSc1cccc(F)c1)c1sccc1Cl. The fourth-order valence-electron chi connectivity index (χ4n) is 1.39. The number of thioether (sulfide) groups is 1. The van der Waals surface area contributed by atoms with Crippen LogP contribution in [0.15, 0.2) is 40.6 Å². The van der Waals surface area contributed by atoms with E-state index in [1.54, 1.807) is 17.4 Å². The first-order chi connectivity index (χ1) is 8.16. The topological polar surface area (TPSA) is 26.0 Å². The highest BCUT2D eigenvalue weighted by molar-refractivity contribution is 7.99. The lowest BCUT2D eigenvalue weighted by molar-refractivity contribution is 0.624. The number of hydrogen-bond donors (Lipinski definition) is 1. The first-order valence-corrected chi connectivity index (χ1v) is 7.28. The molecule has 0 aliphatic carbocycles. The van der Waals surface area contributed by atoms with Crippen molar-refractivity contribution in [1.82, 2.24) is 0 Å². The highest BCUT2D eigenvalue weighted by Gasteiger charge is 2.12. The van der Waals surface area contributed by atoms with Gasteiger partial charge >= 0.3 is 0 Å². The van der Waals surface area contributed by atoms with Gasteiger partial charge in [0.1, 0.15) is 5.82 Å². The molecule has 5 heteroatoms. The van der Waals surface area contributed by atoms with Crippen LogP contribution in [0, 0.1) is 5.82 Å². The molecule has 0 amide bonds. The Bertz CT molecular complexity index is 501. The van der Waals surface area contributed by atoms with E-state index in [1.807, 2.05) is 17.5 Å². The van der Waals surface area contributed by atoms with Crippen LogP contribution in [0.4, 0.5) is 4.39 Å². The fourth-order valence-corrected chi connectivity index (χ4v) is 3.60. The van der Waals surface area contributed by atoms with Gasteiger partial charge in [-0.3, -0.25) is 0 Å². The number of halogens is 2. The van der Waals surface area contributed by atoms with Crippen molar-refractivity contribution in [2.75, 3.05) is 5.75 Å². The van der Waals surface area contributed by atoms with Gasteiger partial charge < -0.3 is 5.73 Å². The molecule has 0 spiro atoms. The van der Waals surface area contributed by atoms with Crippen LogP contribution >= 0.6 is 34.7 Å². The number of nitrogens with two attached hydrogens (primary N) is 1. The van der Waals surface area contributed by atoms with Crippen molar-refractivity contribution >= 4 is 34.7 Å². The maximum Gasteiger partial charge on any atom is 0.124 e. The summed E-state index contributed by atoms with van der Waals surface area (Å²) in [5.41, 5.74) is 6.04. The fraction of sp³-hybridized carbons (Fsp3) is 0.167. The minimum atomic E-state index is -0.224. The minimum Gasteiger partial charge on any atom is -0.323 e. The normalized spacial score (nSPS) is 12.6. The van der Waals surface area contributed by atoms with E-state index in [1.165, 1.54) is 23.9 Å². The summed E-state index contributed by atoms with van der Waals surface area (Å²) >= 11 is 9.09. The highest BCUT2D eigenvalue weighted by atomic mass is 35.5. The molecule has 0 saturated heterocycles. The van der Waals surface area contributed by atoms with Gasteiger partial charge in [0.15, 0.2) is 0 Å². The van der Waals surface area contributed by atoms with Gasteiger partial charge in [-0.1, -0.05) is 17.7 Å².